The maximum absolute atomic E-state index is 12.8. The topological polar surface area (TPSA) is 66.4 Å². The van der Waals surface area contributed by atoms with Gasteiger partial charge in [-0.15, -0.1) is 11.3 Å². The van der Waals surface area contributed by atoms with Gasteiger partial charge in [-0.05, 0) is 48.1 Å². The average Bonchev–Trinajstić information content (AvgIpc) is 3.12. The Balaban J connectivity index is 1.57. The van der Waals surface area contributed by atoms with E-state index in [9.17, 15) is 14.7 Å². The predicted octanol–water partition coefficient (Wildman–Crippen LogP) is 5.51. The summed E-state index contributed by atoms with van der Waals surface area (Å²) >= 11 is 7.23. The van der Waals surface area contributed by atoms with E-state index in [4.69, 9.17) is 11.6 Å². The van der Waals surface area contributed by atoms with E-state index in [-0.39, 0.29) is 17.4 Å². The first-order valence-electron chi connectivity index (χ1n) is 9.01. The lowest BCUT2D eigenvalue weighted by Crippen LogP contribution is -2.28. The Labute approximate surface area is 171 Å². The number of carboxylic acid groups (broad SMARTS) is 1. The summed E-state index contributed by atoms with van der Waals surface area (Å²) in [5.74, 6) is -1.34. The molecule has 0 saturated heterocycles. The summed E-state index contributed by atoms with van der Waals surface area (Å²) < 4.78 is 0. The zero-order valence-electron chi connectivity index (χ0n) is 14.9. The molecule has 4 rings (SSSR count). The average molecular weight is 412 g/mol. The van der Waals surface area contributed by atoms with Crippen molar-refractivity contribution in [1.29, 1.82) is 0 Å². The lowest BCUT2D eigenvalue weighted by atomic mass is 9.83. The molecule has 6 heteroatoms. The molecule has 0 radical (unpaired) electrons. The van der Waals surface area contributed by atoms with Crippen LogP contribution in [0.2, 0.25) is 5.02 Å². The molecule has 1 amide bonds. The van der Waals surface area contributed by atoms with Crippen LogP contribution in [0.5, 0.6) is 0 Å². The van der Waals surface area contributed by atoms with Crippen LogP contribution in [0.4, 0.5) is 5.69 Å². The van der Waals surface area contributed by atoms with Gasteiger partial charge in [0.2, 0.25) is 5.91 Å². The first kappa shape index (κ1) is 18.7. The molecule has 2 aromatic carbocycles. The molecule has 0 aliphatic heterocycles. The van der Waals surface area contributed by atoms with Gasteiger partial charge in [0.25, 0.3) is 0 Å². The van der Waals surface area contributed by atoms with Crippen molar-refractivity contribution in [3.63, 3.8) is 0 Å². The lowest BCUT2D eigenvalue weighted by Gasteiger charge is -2.23. The summed E-state index contributed by atoms with van der Waals surface area (Å²) in [6, 6.07) is 15.2. The van der Waals surface area contributed by atoms with E-state index >= 15 is 0 Å². The molecule has 1 aliphatic carbocycles. The number of aromatic carboxylic acids is 1. The van der Waals surface area contributed by atoms with E-state index in [1.807, 2.05) is 12.1 Å². The minimum absolute atomic E-state index is 0.122. The zero-order valence-corrected chi connectivity index (χ0v) is 16.5. The zero-order chi connectivity index (χ0) is 19.7. The number of amides is 1. The molecule has 1 unspecified atom stereocenters. The van der Waals surface area contributed by atoms with Gasteiger partial charge < -0.3 is 10.4 Å². The quantitative estimate of drug-likeness (QED) is 0.594. The summed E-state index contributed by atoms with van der Waals surface area (Å²) in [6.07, 6.45) is 2.30. The van der Waals surface area contributed by atoms with Gasteiger partial charge in [-0.2, -0.15) is 0 Å². The van der Waals surface area contributed by atoms with Gasteiger partial charge in [0.05, 0.1) is 10.6 Å². The molecule has 0 spiro atoms. The van der Waals surface area contributed by atoms with Crippen LogP contribution in [0.15, 0.2) is 53.9 Å². The van der Waals surface area contributed by atoms with E-state index in [0.717, 1.165) is 18.4 Å². The van der Waals surface area contributed by atoms with Crippen molar-refractivity contribution in [1.82, 2.24) is 0 Å². The van der Waals surface area contributed by atoms with Crippen LogP contribution in [0.25, 0.3) is 10.4 Å². The van der Waals surface area contributed by atoms with Crippen LogP contribution in [0.3, 0.4) is 0 Å². The monoisotopic (exact) mass is 411 g/mol. The van der Waals surface area contributed by atoms with Crippen molar-refractivity contribution < 1.29 is 14.7 Å². The van der Waals surface area contributed by atoms with E-state index in [1.165, 1.54) is 22.5 Å². The third-order valence-corrected chi connectivity index (χ3v) is 6.37. The molecule has 0 bridgehead atoms. The van der Waals surface area contributed by atoms with Crippen molar-refractivity contribution in [3.05, 3.63) is 75.6 Å². The molecule has 4 nitrogen and oxygen atoms in total. The van der Waals surface area contributed by atoms with Crippen molar-refractivity contribution in [2.24, 2.45) is 5.92 Å². The Morgan fingerprint density at radius 1 is 1.07 bits per heavy atom. The molecule has 2 N–H and O–H groups in total. The van der Waals surface area contributed by atoms with E-state index in [2.05, 4.69) is 17.4 Å². The van der Waals surface area contributed by atoms with E-state index in [0.29, 0.717) is 22.0 Å². The Morgan fingerprint density at radius 2 is 1.79 bits per heavy atom. The minimum Gasteiger partial charge on any atom is -0.478 e. The molecular weight excluding hydrogens is 394 g/mol. The van der Waals surface area contributed by atoms with E-state index in [1.54, 1.807) is 29.6 Å². The van der Waals surface area contributed by atoms with Crippen LogP contribution in [-0.4, -0.2) is 17.0 Å². The van der Waals surface area contributed by atoms with Crippen LogP contribution < -0.4 is 5.32 Å². The highest BCUT2D eigenvalue weighted by Crippen LogP contribution is 2.37. The fourth-order valence-electron chi connectivity index (χ4n) is 3.63. The Hall–Kier alpha value is -2.63. The highest BCUT2D eigenvalue weighted by atomic mass is 35.5. The highest BCUT2D eigenvalue weighted by Gasteiger charge is 2.27. The Kier molecular flexibility index (Phi) is 5.20. The highest BCUT2D eigenvalue weighted by molar-refractivity contribution is 7.14. The summed E-state index contributed by atoms with van der Waals surface area (Å²) in [6.45, 7) is 0. The molecule has 0 saturated carbocycles. The van der Waals surface area contributed by atoms with Crippen molar-refractivity contribution in [2.75, 3.05) is 5.32 Å². The molecule has 1 atom stereocenters. The fraction of sp³-hybridized carbons (Fsp3) is 0.182. The van der Waals surface area contributed by atoms with Crippen molar-refractivity contribution >= 4 is 40.5 Å². The number of rotatable bonds is 4. The standard InChI is InChI=1S/C22H18ClNO3S/c23-17-9-7-14(8-10-17)20-19(22(26)27)18(12-28-20)24-21(25)16-6-5-13-3-1-2-4-15(13)11-16/h1-4,7-10,12,16H,5-6,11H2,(H,24,25)(H,26,27). The van der Waals surface area contributed by atoms with Gasteiger partial charge in [0.15, 0.2) is 0 Å². The molecule has 1 heterocycles. The third-order valence-electron chi connectivity index (χ3n) is 5.09. The maximum Gasteiger partial charge on any atom is 0.339 e. The molecule has 28 heavy (non-hydrogen) atoms. The second-order valence-corrected chi connectivity index (χ2v) is 8.18. The van der Waals surface area contributed by atoms with E-state index < -0.39 is 5.97 Å². The molecule has 1 aliphatic rings. The minimum atomic E-state index is -1.06. The number of aryl methyl sites for hydroxylation is 1. The number of carbonyl (C=O) groups excluding carboxylic acids is 1. The second kappa shape index (κ2) is 7.78. The van der Waals surface area contributed by atoms with Gasteiger partial charge in [-0.3, -0.25) is 4.79 Å². The SMILES string of the molecule is O=C(O)c1c(NC(=O)C2CCc3ccccc3C2)csc1-c1ccc(Cl)cc1. The Bertz CT molecular complexity index is 1040. The summed E-state index contributed by atoms with van der Waals surface area (Å²) in [5, 5.41) is 14.9. The number of halogens is 1. The van der Waals surface area contributed by atoms with Crippen LogP contribution in [-0.2, 0) is 17.6 Å². The normalized spacial score (nSPS) is 15.7. The molecular formula is C22H18ClNO3S. The number of fused-ring (bicyclic) bond motifs is 1. The van der Waals surface area contributed by atoms with Crippen LogP contribution in [0, 0.1) is 5.92 Å². The molecule has 0 fully saturated rings. The Morgan fingerprint density at radius 3 is 2.50 bits per heavy atom. The first-order chi connectivity index (χ1) is 13.5. The number of anilines is 1. The number of carbonyl (C=O) groups is 2. The first-order valence-corrected chi connectivity index (χ1v) is 10.3. The molecule has 142 valence electrons. The second-order valence-electron chi connectivity index (χ2n) is 6.86. The molecule has 3 aromatic rings. The maximum atomic E-state index is 12.8. The van der Waals surface area contributed by atoms with Gasteiger partial charge in [-0.1, -0.05) is 48.0 Å². The lowest BCUT2D eigenvalue weighted by molar-refractivity contribution is -0.120. The van der Waals surface area contributed by atoms with Gasteiger partial charge in [0.1, 0.15) is 5.56 Å². The van der Waals surface area contributed by atoms with Crippen molar-refractivity contribution in [3.8, 4) is 10.4 Å². The largest absolute Gasteiger partial charge is 0.478 e. The van der Waals surface area contributed by atoms with Gasteiger partial charge in [0, 0.05) is 16.3 Å². The predicted molar refractivity (Wildman–Crippen MR) is 112 cm³/mol. The summed E-state index contributed by atoms with van der Waals surface area (Å²) in [5.41, 5.74) is 3.72. The summed E-state index contributed by atoms with van der Waals surface area (Å²) in [4.78, 5) is 25.3. The molecule has 1 aromatic heterocycles. The van der Waals surface area contributed by atoms with Crippen molar-refractivity contribution in [2.45, 2.75) is 19.3 Å². The smallest absolute Gasteiger partial charge is 0.339 e. The number of thiophene rings is 1. The third kappa shape index (κ3) is 3.68. The van der Waals surface area contributed by atoms with Crippen LogP contribution >= 0.6 is 22.9 Å². The summed E-state index contributed by atoms with van der Waals surface area (Å²) in [7, 11) is 0. The van der Waals surface area contributed by atoms with Gasteiger partial charge >= 0.3 is 5.97 Å². The fourth-order valence-corrected chi connectivity index (χ4v) is 4.76. The number of carboxylic acids is 1. The number of hydrogen-bond donors (Lipinski definition) is 2. The number of benzene rings is 2. The number of hydrogen-bond acceptors (Lipinski definition) is 3. The number of nitrogens with one attached hydrogen (secondary N) is 1. The van der Waals surface area contributed by atoms with Gasteiger partial charge in [-0.25, -0.2) is 4.79 Å². The van der Waals surface area contributed by atoms with Crippen LogP contribution in [0.1, 0.15) is 27.9 Å².